The molecule has 4 heteroatoms. The maximum Gasteiger partial charge on any atom is 0.0710 e. The van der Waals surface area contributed by atoms with Gasteiger partial charge in [-0.3, -0.25) is 10.1 Å². The van der Waals surface area contributed by atoms with Gasteiger partial charge in [-0.05, 0) is 25.5 Å². The molecule has 0 saturated carbocycles. The minimum atomic E-state index is 0.520. The summed E-state index contributed by atoms with van der Waals surface area (Å²) in [6.45, 7) is 5.19. The monoisotopic (exact) mass is 230 g/mol. The zero-order valence-corrected chi connectivity index (χ0v) is 10.3. The van der Waals surface area contributed by atoms with Crippen LogP contribution in [0.4, 0.5) is 0 Å². The molecule has 2 aromatic heterocycles. The summed E-state index contributed by atoms with van der Waals surface area (Å²) in [5.74, 6) is 0. The summed E-state index contributed by atoms with van der Waals surface area (Å²) in [6, 6.07) is 4.49. The Hall–Kier alpha value is -1.68. The standard InChI is InChI=1S/C13H18N4/c1-3-10(2)15-8-12-9-16-17-13(12)11-5-4-6-14-7-11/h4-7,9-10,15H,3,8H2,1-2H3,(H,16,17). The summed E-state index contributed by atoms with van der Waals surface area (Å²) >= 11 is 0. The second kappa shape index (κ2) is 5.59. The molecule has 0 bridgehead atoms. The van der Waals surface area contributed by atoms with Gasteiger partial charge in [-0.25, -0.2) is 0 Å². The summed E-state index contributed by atoms with van der Waals surface area (Å²) in [6.07, 6.45) is 6.62. The maximum absolute atomic E-state index is 4.12. The number of nitrogens with zero attached hydrogens (tertiary/aromatic N) is 2. The maximum atomic E-state index is 4.12. The van der Waals surface area contributed by atoms with E-state index in [1.165, 1.54) is 5.56 Å². The van der Waals surface area contributed by atoms with Crippen molar-refractivity contribution in [3.8, 4) is 11.3 Å². The highest BCUT2D eigenvalue weighted by Crippen LogP contribution is 2.19. The number of nitrogens with one attached hydrogen (secondary N) is 2. The van der Waals surface area contributed by atoms with Crippen molar-refractivity contribution in [2.75, 3.05) is 0 Å². The first-order valence-corrected chi connectivity index (χ1v) is 5.97. The third-order valence-electron chi connectivity index (χ3n) is 2.92. The molecule has 2 rings (SSSR count). The molecule has 0 saturated heterocycles. The van der Waals surface area contributed by atoms with Crippen LogP contribution in [0.3, 0.4) is 0 Å². The number of H-pyrrole nitrogens is 1. The lowest BCUT2D eigenvalue weighted by Crippen LogP contribution is -2.24. The van der Waals surface area contributed by atoms with Crippen molar-refractivity contribution in [1.29, 1.82) is 0 Å². The summed E-state index contributed by atoms with van der Waals surface area (Å²) in [5, 5.41) is 10.6. The normalized spacial score (nSPS) is 12.6. The lowest BCUT2D eigenvalue weighted by atomic mass is 10.1. The predicted octanol–water partition coefficient (Wildman–Crippen LogP) is 2.36. The van der Waals surface area contributed by atoms with E-state index in [-0.39, 0.29) is 0 Å². The largest absolute Gasteiger partial charge is 0.310 e. The molecule has 1 atom stereocenters. The highest BCUT2D eigenvalue weighted by Gasteiger charge is 2.08. The Balaban J connectivity index is 2.12. The van der Waals surface area contributed by atoms with Crippen molar-refractivity contribution < 1.29 is 0 Å². The average molecular weight is 230 g/mol. The van der Waals surface area contributed by atoms with E-state index in [0.717, 1.165) is 24.2 Å². The van der Waals surface area contributed by atoms with Crippen molar-refractivity contribution in [3.05, 3.63) is 36.3 Å². The van der Waals surface area contributed by atoms with Gasteiger partial charge >= 0.3 is 0 Å². The smallest absolute Gasteiger partial charge is 0.0710 e. The van der Waals surface area contributed by atoms with E-state index < -0.39 is 0 Å². The highest BCUT2D eigenvalue weighted by atomic mass is 15.1. The van der Waals surface area contributed by atoms with E-state index in [4.69, 9.17) is 0 Å². The van der Waals surface area contributed by atoms with Gasteiger partial charge < -0.3 is 5.32 Å². The SMILES string of the molecule is CCC(C)NCc1cn[nH]c1-c1cccnc1. The molecule has 1 unspecified atom stereocenters. The predicted molar refractivity (Wildman–Crippen MR) is 68.4 cm³/mol. The number of hydrogen-bond donors (Lipinski definition) is 2. The van der Waals surface area contributed by atoms with Crippen LogP contribution < -0.4 is 5.32 Å². The van der Waals surface area contributed by atoms with Gasteiger partial charge in [0.25, 0.3) is 0 Å². The Labute approximate surface area is 101 Å². The Kier molecular flexibility index (Phi) is 3.88. The fraction of sp³-hybridized carbons (Fsp3) is 0.385. The summed E-state index contributed by atoms with van der Waals surface area (Å²) < 4.78 is 0. The van der Waals surface area contributed by atoms with E-state index in [1.807, 2.05) is 24.5 Å². The summed E-state index contributed by atoms with van der Waals surface area (Å²) in [4.78, 5) is 4.12. The van der Waals surface area contributed by atoms with E-state index in [2.05, 4.69) is 34.3 Å². The van der Waals surface area contributed by atoms with Gasteiger partial charge in [0.05, 0.1) is 11.9 Å². The topological polar surface area (TPSA) is 53.6 Å². The minimum Gasteiger partial charge on any atom is -0.310 e. The molecule has 90 valence electrons. The minimum absolute atomic E-state index is 0.520. The Morgan fingerprint density at radius 1 is 1.41 bits per heavy atom. The number of hydrogen-bond acceptors (Lipinski definition) is 3. The third-order valence-corrected chi connectivity index (χ3v) is 2.92. The number of rotatable bonds is 5. The van der Waals surface area contributed by atoms with E-state index in [1.54, 1.807) is 6.20 Å². The van der Waals surface area contributed by atoms with Gasteiger partial charge in [0.1, 0.15) is 0 Å². The molecular formula is C13H18N4. The molecule has 0 fully saturated rings. The zero-order chi connectivity index (χ0) is 12.1. The molecule has 2 heterocycles. The molecule has 0 radical (unpaired) electrons. The second-order valence-corrected chi connectivity index (χ2v) is 4.20. The molecule has 0 spiro atoms. The lowest BCUT2D eigenvalue weighted by molar-refractivity contribution is 0.534. The Morgan fingerprint density at radius 3 is 3.00 bits per heavy atom. The molecule has 0 aromatic carbocycles. The first kappa shape index (κ1) is 11.8. The van der Waals surface area contributed by atoms with Gasteiger partial charge in [0.15, 0.2) is 0 Å². The highest BCUT2D eigenvalue weighted by molar-refractivity contribution is 5.61. The van der Waals surface area contributed by atoms with Gasteiger partial charge in [-0.15, -0.1) is 0 Å². The van der Waals surface area contributed by atoms with Crippen molar-refractivity contribution >= 4 is 0 Å². The number of aromatic nitrogens is 3. The van der Waals surface area contributed by atoms with Gasteiger partial charge in [-0.2, -0.15) is 5.10 Å². The molecule has 4 nitrogen and oxygen atoms in total. The molecule has 0 aliphatic heterocycles. The van der Waals surface area contributed by atoms with Crippen LogP contribution >= 0.6 is 0 Å². The summed E-state index contributed by atoms with van der Waals surface area (Å²) in [5.41, 5.74) is 3.30. The van der Waals surface area contributed by atoms with Crippen LogP contribution in [-0.2, 0) is 6.54 Å². The summed E-state index contributed by atoms with van der Waals surface area (Å²) in [7, 11) is 0. The van der Waals surface area contributed by atoms with Crippen LogP contribution in [0.15, 0.2) is 30.7 Å². The van der Waals surface area contributed by atoms with E-state index >= 15 is 0 Å². The zero-order valence-electron chi connectivity index (χ0n) is 10.3. The molecule has 2 aromatic rings. The number of aromatic amines is 1. The van der Waals surface area contributed by atoms with Crippen molar-refractivity contribution in [3.63, 3.8) is 0 Å². The second-order valence-electron chi connectivity index (χ2n) is 4.20. The first-order chi connectivity index (χ1) is 8.31. The molecule has 17 heavy (non-hydrogen) atoms. The quantitative estimate of drug-likeness (QED) is 0.829. The van der Waals surface area contributed by atoms with E-state index in [0.29, 0.717) is 6.04 Å². The Morgan fingerprint density at radius 2 is 2.29 bits per heavy atom. The van der Waals surface area contributed by atoms with Crippen LogP contribution in [0.2, 0.25) is 0 Å². The van der Waals surface area contributed by atoms with E-state index in [9.17, 15) is 0 Å². The van der Waals surface area contributed by atoms with Crippen LogP contribution in [0.5, 0.6) is 0 Å². The molecule has 0 aliphatic rings. The van der Waals surface area contributed by atoms with Crippen LogP contribution in [0.1, 0.15) is 25.8 Å². The van der Waals surface area contributed by atoms with Crippen molar-refractivity contribution in [2.24, 2.45) is 0 Å². The van der Waals surface area contributed by atoms with Gasteiger partial charge in [0, 0.05) is 36.1 Å². The van der Waals surface area contributed by atoms with Crippen molar-refractivity contribution in [1.82, 2.24) is 20.5 Å². The number of pyridine rings is 1. The molecular weight excluding hydrogens is 212 g/mol. The molecule has 0 amide bonds. The van der Waals surface area contributed by atoms with Crippen LogP contribution in [-0.4, -0.2) is 21.2 Å². The molecule has 0 aliphatic carbocycles. The van der Waals surface area contributed by atoms with Crippen molar-refractivity contribution in [2.45, 2.75) is 32.9 Å². The fourth-order valence-corrected chi connectivity index (χ4v) is 1.63. The molecule has 2 N–H and O–H groups in total. The Bertz CT molecular complexity index is 449. The van der Waals surface area contributed by atoms with Gasteiger partial charge in [0.2, 0.25) is 0 Å². The lowest BCUT2D eigenvalue weighted by Gasteiger charge is -2.11. The third kappa shape index (κ3) is 2.91. The van der Waals surface area contributed by atoms with Crippen LogP contribution in [0.25, 0.3) is 11.3 Å². The fourth-order valence-electron chi connectivity index (χ4n) is 1.63. The van der Waals surface area contributed by atoms with Crippen LogP contribution in [0, 0.1) is 0 Å². The first-order valence-electron chi connectivity index (χ1n) is 5.97. The van der Waals surface area contributed by atoms with Gasteiger partial charge in [-0.1, -0.05) is 6.92 Å². The average Bonchev–Trinajstić information content (AvgIpc) is 2.85.